The zero-order chi connectivity index (χ0) is 17.1. The summed E-state index contributed by atoms with van der Waals surface area (Å²) in [7, 11) is 0. The van der Waals surface area contributed by atoms with Crippen LogP contribution in [0.25, 0.3) is 0 Å². The van der Waals surface area contributed by atoms with E-state index in [0.29, 0.717) is 23.5 Å². The Morgan fingerprint density at radius 3 is 2.71 bits per heavy atom. The van der Waals surface area contributed by atoms with E-state index >= 15 is 0 Å². The summed E-state index contributed by atoms with van der Waals surface area (Å²) in [5, 5.41) is 0. The minimum absolute atomic E-state index is 0.0910. The molecule has 0 aliphatic heterocycles. The lowest BCUT2D eigenvalue weighted by Crippen LogP contribution is -2.49. The molecule has 0 saturated heterocycles. The highest BCUT2D eigenvalue weighted by molar-refractivity contribution is 5.87. The standard InChI is InChI=1S/C21H30O3/c1-13(22)24-15-8-10-20(2)14(12-15)4-5-16-17-6-7-19(23)21(17,3)11-9-18(16)20/h9,14-17H,4-8,10-12H2,1-3H3/t14-,15-,16+,17+,20-,21+/m0/s1. The lowest BCUT2D eigenvalue weighted by molar-refractivity contribution is -0.151. The van der Waals surface area contributed by atoms with E-state index in [0.717, 1.165) is 38.5 Å². The van der Waals surface area contributed by atoms with Crippen molar-refractivity contribution in [2.45, 2.75) is 78.2 Å². The number of hydrogen-bond acceptors (Lipinski definition) is 3. The van der Waals surface area contributed by atoms with E-state index in [1.807, 2.05) is 0 Å². The second-order valence-electron chi connectivity index (χ2n) is 9.15. The number of Topliss-reactive ketones (excluding diaryl/α,β-unsaturated/α-hetero) is 1. The van der Waals surface area contributed by atoms with Crippen LogP contribution in [0.2, 0.25) is 0 Å². The van der Waals surface area contributed by atoms with Crippen LogP contribution < -0.4 is 0 Å². The van der Waals surface area contributed by atoms with Crippen molar-refractivity contribution in [1.82, 2.24) is 0 Å². The minimum atomic E-state index is -0.144. The highest BCUT2D eigenvalue weighted by Crippen LogP contribution is 2.63. The van der Waals surface area contributed by atoms with E-state index in [9.17, 15) is 9.59 Å². The van der Waals surface area contributed by atoms with Gasteiger partial charge in [0.25, 0.3) is 0 Å². The SMILES string of the molecule is CC(=O)O[C@H]1CC[C@]2(C)C3=CC[C@@]4(C)C(=O)CC[C@@H]4[C@H]3CC[C@H]2C1. The molecule has 0 spiro atoms. The molecule has 24 heavy (non-hydrogen) atoms. The summed E-state index contributed by atoms with van der Waals surface area (Å²) >= 11 is 0. The third-order valence-corrected chi connectivity index (χ3v) is 8.02. The van der Waals surface area contributed by atoms with Crippen LogP contribution in [0, 0.1) is 28.6 Å². The van der Waals surface area contributed by atoms with E-state index in [2.05, 4.69) is 19.9 Å². The average Bonchev–Trinajstić information content (AvgIpc) is 2.83. The molecule has 0 N–H and O–H groups in total. The molecule has 0 aromatic carbocycles. The first-order valence-corrected chi connectivity index (χ1v) is 9.75. The van der Waals surface area contributed by atoms with Crippen LogP contribution in [0.3, 0.4) is 0 Å². The second-order valence-corrected chi connectivity index (χ2v) is 9.15. The quantitative estimate of drug-likeness (QED) is 0.527. The van der Waals surface area contributed by atoms with Crippen LogP contribution in [0.1, 0.15) is 72.1 Å². The van der Waals surface area contributed by atoms with Crippen LogP contribution >= 0.6 is 0 Å². The van der Waals surface area contributed by atoms with Gasteiger partial charge in [-0.05, 0) is 68.1 Å². The molecule has 0 radical (unpaired) electrons. The predicted molar refractivity (Wildman–Crippen MR) is 92.3 cm³/mol. The van der Waals surface area contributed by atoms with Crippen molar-refractivity contribution in [2.24, 2.45) is 28.6 Å². The largest absolute Gasteiger partial charge is 0.463 e. The molecule has 4 rings (SSSR count). The maximum atomic E-state index is 12.4. The molecule has 0 aromatic rings. The van der Waals surface area contributed by atoms with Crippen molar-refractivity contribution in [3.05, 3.63) is 11.6 Å². The van der Waals surface area contributed by atoms with Gasteiger partial charge in [-0.25, -0.2) is 0 Å². The Morgan fingerprint density at radius 2 is 1.96 bits per heavy atom. The molecule has 0 bridgehead atoms. The third-order valence-electron chi connectivity index (χ3n) is 8.02. The highest BCUT2D eigenvalue weighted by Gasteiger charge is 2.57. The minimum Gasteiger partial charge on any atom is -0.463 e. The Bertz CT molecular complexity index is 606. The summed E-state index contributed by atoms with van der Waals surface area (Å²) in [6.07, 6.45) is 10.9. The van der Waals surface area contributed by atoms with E-state index in [4.69, 9.17) is 4.74 Å². The molecule has 6 atom stereocenters. The van der Waals surface area contributed by atoms with Crippen LogP contribution in [-0.4, -0.2) is 17.9 Å². The molecule has 3 fully saturated rings. The van der Waals surface area contributed by atoms with E-state index in [1.54, 1.807) is 5.57 Å². The lowest BCUT2D eigenvalue weighted by Gasteiger charge is -2.56. The molecule has 4 aliphatic carbocycles. The fourth-order valence-electron chi connectivity index (χ4n) is 6.61. The Labute approximate surface area is 145 Å². The maximum absolute atomic E-state index is 12.4. The van der Waals surface area contributed by atoms with Gasteiger partial charge < -0.3 is 4.74 Å². The Balaban J connectivity index is 1.60. The molecular formula is C21H30O3. The number of rotatable bonds is 1. The second kappa shape index (κ2) is 5.44. The van der Waals surface area contributed by atoms with Gasteiger partial charge in [-0.2, -0.15) is 0 Å². The Morgan fingerprint density at radius 1 is 1.17 bits per heavy atom. The third kappa shape index (κ3) is 2.23. The maximum Gasteiger partial charge on any atom is 0.302 e. The van der Waals surface area contributed by atoms with Crippen molar-refractivity contribution in [3.8, 4) is 0 Å². The number of ether oxygens (including phenoxy) is 1. The van der Waals surface area contributed by atoms with Crippen molar-refractivity contribution in [2.75, 3.05) is 0 Å². The number of carbonyl (C=O) groups is 2. The zero-order valence-corrected chi connectivity index (χ0v) is 15.3. The number of allylic oxidation sites excluding steroid dienone is 2. The monoisotopic (exact) mass is 330 g/mol. The van der Waals surface area contributed by atoms with Gasteiger partial charge in [0, 0.05) is 18.8 Å². The summed E-state index contributed by atoms with van der Waals surface area (Å²) in [5.74, 6) is 2.15. The van der Waals surface area contributed by atoms with Gasteiger partial charge in [0.1, 0.15) is 11.9 Å². The zero-order valence-electron chi connectivity index (χ0n) is 15.3. The topological polar surface area (TPSA) is 43.4 Å². The van der Waals surface area contributed by atoms with Crippen LogP contribution in [0.15, 0.2) is 11.6 Å². The normalized spacial score (nSPS) is 47.3. The average molecular weight is 330 g/mol. The summed E-state index contributed by atoms with van der Waals surface area (Å²) in [6.45, 7) is 6.18. The molecule has 132 valence electrons. The number of ketones is 1. The van der Waals surface area contributed by atoms with Crippen LogP contribution in [0.5, 0.6) is 0 Å². The van der Waals surface area contributed by atoms with E-state index < -0.39 is 0 Å². The first-order chi connectivity index (χ1) is 11.3. The van der Waals surface area contributed by atoms with Gasteiger partial charge in [0.05, 0.1) is 0 Å². The summed E-state index contributed by atoms with van der Waals surface area (Å²) in [6, 6.07) is 0. The molecule has 3 nitrogen and oxygen atoms in total. The Kier molecular flexibility index (Phi) is 3.71. The van der Waals surface area contributed by atoms with Gasteiger partial charge in [0.15, 0.2) is 0 Å². The van der Waals surface area contributed by atoms with Crippen LogP contribution in [-0.2, 0) is 14.3 Å². The van der Waals surface area contributed by atoms with Gasteiger partial charge in [-0.3, -0.25) is 9.59 Å². The van der Waals surface area contributed by atoms with Gasteiger partial charge in [-0.1, -0.05) is 25.5 Å². The molecule has 4 aliphatic rings. The smallest absolute Gasteiger partial charge is 0.302 e. The number of fused-ring (bicyclic) bond motifs is 5. The van der Waals surface area contributed by atoms with Crippen molar-refractivity contribution >= 4 is 11.8 Å². The fourth-order valence-corrected chi connectivity index (χ4v) is 6.61. The highest BCUT2D eigenvalue weighted by atomic mass is 16.5. The number of hydrogen-bond donors (Lipinski definition) is 0. The van der Waals surface area contributed by atoms with Crippen LogP contribution in [0.4, 0.5) is 0 Å². The number of carbonyl (C=O) groups excluding carboxylic acids is 2. The molecule has 0 heterocycles. The first-order valence-electron chi connectivity index (χ1n) is 9.75. The van der Waals surface area contributed by atoms with Crippen molar-refractivity contribution < 1.29 is 14.3 Å². The molecule has 3 saturated carbocycles. The Hall–Kier alpha value is -1.12. The lowest BCUT2D eigenvalue weighted by atomic mass is 9.49. The van der Waals surface area contributed by atoms with Crippen molar-refractivity contribution in [1.29, 1.82) is 0 Å². The first kappa shape index (κ1) is 16.4. The van der Waals surface area contributed by atoms with Gasteiger partial charge in [-0.15, -0.1) is 0 Å². The van der Waals surface area contributed by atoms with E-state index in [1.165, 1.54) is 19.8 Å². The van der Waals surface area contributed by atoms with Gasteiger partial charge in [0.2, 0.25) is 0 Å². The molecule has 0 unspecified atom stereocenters. The summed E-state index contributed by atoms with van der Waals surface area (Å²) in [5.41, 5.74) is 1.82. The summed E-state index contributed by atoms with van der Waals surface area (Å²) in [4.78, 5) is 23.7. The molecule has 3 heteroatoms. The predicted octanol–water partition coefficient (Wildman–Crippen LogP) is 4.45. The van der Waals surface area contributed by atoms with E-state index in [-0.39, 0.29) is 22.9 Å². The molecule has 0 amide bonds. The fraction of sp³-hybridized carbons (Fsp3) is 0.810. The summed E-state index contributed by atoms with van der Waals surface area (Å²) < 4.78 is 5.52. The van der Waals surface area contributed by atoms with Crippen molar-refractivity contribution in [3.63, 3.8) is 0 Å². The molecule has 0 aromatic heterocycles. The molecular weight excluding hydrogens is 300 g/mol. The number of esters is 1. The van der Waals surface area contributed by atoms with Gasteiger partial charge >= 0.3 is 5.97 Å².